The number of benzene rings is 1. The van der Waals surface area contributed by atoms with Gasteiger partial charge in [0.1, 0.15) is 5.82 Å². The highest BCUT2D eigenvalue weighted by Crippen LogP contribution is 2.38. The summed E-state index contributed by atoms with van der Waals surface area (Å²) < 4.78 is 25.3. The number of anilines is 1. The maximum atomic E-state index is 12.8. The van der Waals surface area contributed by atoms with Crippen LogP contribution >= 0.6 is 0 Å². The molecule has 2 aromatic rings. The number of nitrogens with zero attached hydrogens (tertiary/aromatic N) is 1. The Balaban J connectivity index is 1.75. The van der Waals surface area contributed by atoms with Crippen molar-refractivity contribution in [2.45, 2.75) is 61.8 Å². The molecular formula is C20H25N3O4S. The fourth-order valence-corrected chi connectivity index (χ4v) is 5.04. The Labute approximate surface area is 164 Å². The number of hydrogen-bond donors (Lipinski definition) is 2. The maximum absolute atomic E-state index is 12.8. The van der Waals surface area contributed by atoms with E-state index in [1.54, 1.807) is 12.1 Å². The first kappa shape index (κ1) is 19.0. The van der Waals surface area contributed by atoms with Crippen LogP contribution in [-0.4, -0.2) is 30.4 Å². The van der Waals surface area contributed by atoms with Gasteiger partial charge < -0.3 is 5.32 Å². The lowest BCUT2D eigenvalue weighted by Crippen LogP contribution is -2.27. The summed E-state index contributed by atoms with van der Waals surface area (Å²) >= 11 is 0. The van der Waals surface area contributed by atoms with E-state index in [2.05, 4.69) is 10.4 Å². The second-order valence-corrected chi connectivity index (χ2v) is 9.88. The molecule has 150 valence electrons. The Hall–Kier alpha value is -2.35. The van der Waals surface area contributed by atoms with Gasteiger partial charge in [-0.1, -0.05) is 37.8 Å². The van der Waals surface area contributed by atoms with Gasteiger partial charge in [0.15, 0.2) is 9.84 Å². The van der Waals surface area contributed by atoms with Crippen LogP contribution < -0.4 is 10.9 Å². The van der Waals surface area contributed by atoms with Crippen LogP contribution in [0, 0.1) is 0 Å². The molecule has 28 heavy (non-hydrogen) atoms. The third-order valence-electron chi connectivity index (χ3n) is 5.86. The number of amides is 1. The molecule has 7 nitrogen and oxygen atoms in total. The highest BCUT2D eigenvalue weighted by atomic mass is 32.2. The lowest BCUT2D eigenvalue weighted by molar-refractivity contribution is -0.116. The minimum absolute atomic E-state index is 0.133. The molecule has 1 aliphatic heterocycles. The van der Waals surface area contributed by atoms with Gasteiger partial charge in [0.05, 0.1) is 16.5 Å². The number of aromatic nitrogens is 2. The van der Waals surface area contributed by atoms with Crippen molar-refractivity contribution in [2.75, 3.05) is 11.6 Å². The third-order valence-corrected chi connectivity index (χ3v) is 6.99. The lowest BCUT2D eigenvalue weighted by atomic mass is 9.87. The smallest absolute Gasteiger partial charge is 0.270 e. The summed E-state index contributed by atoms with van der Waals surface area (Å²) in [6, 6.07) is 6.66. The Bertz CT molecular complexity index is 1040. The fourth-order valence-electron chi connectivity index (χ4n) is 4.41. The van der Waals surface area contributed by atoms with E-state index in [1.165, 1.54) is 25.0 Å². The second kappa shape index (κ2) is 7.24. The number of H-pyrrole nitrogens is 1. The molecule has 1 aliphatic carbocycles. The number of carbonyl (C=O) groups excluding carboxylic acids is 1. The van der Waals surface area contributed by atoms with Gasteiger partial charge >= 0.3 is 0 Å². The summed E-state index contributed by atoms with van der Waals surface area (Å²) in [5, 5.41) is 5.86. The Morgan fingerprint density at radius 2 is 1.64 bits per heavy atom. The van der Waals surface area contributed by atoms with Crippen LogP contribution in [0.3, 0.4) is 0 Å². The lowest BCUT2D eigenvalue weighted by Gasteiger charge is -2.26. The molecule has 2 N–H and O–H groups in total. The summed E-state index contributed by atoms with van der Waals surface area (Å²) in [5.41, 5.74) is 1.15. The van der Waals surface area contributed by atoms with Crippen LogP contribution in [0.4, 0.5) is 5.82 Å². The number of fused-ring (bicyclic) bond motifs is 1. The van der Waals surface area contributed by atoms with Gasteiger partial charge in [-0.2, -0.15) is 0 Å². The van der Waals surface area contributed by atoms with Crippen LogP contribution in [0.5, 0.6) is 0 Å². The average molecular weight is 404 g/mol. The molecule has 2 aliphatic rings. The number of sulfone groups is 1. The van der Waals surface area contributed by atoms with Crippen molar-refractivity contribution in [3.05, 3.63) is 45.7 Å². The highest BCUT2D eigenvalue weighted by molar-refractivity contribution is 7.90. The van der Waals surface area contributed by atoms with Crippen LogP contribution in [-0.2, 0) is 14.6 Å². The van der Waals surface area contributed by atoms with E-state index in [1.807, 2.05) is 4.68 Å². The molecule has 0 bridgehead atoms. The predicted molar refractivity (Wildman–Crippen MR) is 106 cm³/mol. The van der Waals surface area contributed by atoms with Crippen LogP contribution in [0.1, 0.15) is 68.0 Å². The predicted octanol–water partition coefficient (Wildman–Crippen LogP) is 2.95. The van der Waals surface area contributed by atoms with E-state index in [0.29, 0.717) is 11.4 Å². The van der Waals surface area contributed by atoms with Gasteiger partial charge in [0.2, 0.25) is 5.91 Å². The van der Waals surface area contributed by atoms with Gasteiger partial charge in [-0.05, 0) is 30.5 Å². The Morgan fingerprint density at radius 3 is 2.25 bits per heavy atom. The van der Waals surface area contributed by atoms with Crippen LogP contribution in [0.25, 0.3) is 0 Å². The first-order valence-electron chi connectivity index (χ1n) is 9.79. The monoisotopic (exact) mass is 403 g/mol. The second-order valence-electron chi connectivity index (χ2n) is 7.86. The number of rotatable bonds is 3. The summed E-state index contributed by atoms with van der Waals surface area (Å²) in [4.78, 5) is 25.4. The van der Waals surface area contributed by atoms with Crippen molar-refractivity contribution in [3.8, 4) is 0 Å². The molecule has 1 aromatic carbocycles. The molecule has 0 radical (unpaired) electrons. The highest BCUT2D eigenvalue weighted by Gasteiger charge is 2.34. The normalized spacial score (nSPS) is 21.0. The van der Waals surface area contributed by atoms with Crippen LogP contribution in [0.2, 0.25) is 0 Å². The molecule has 0 unspecified atom stereocenters. The van der Waals surface area contributed by atoms with Crippen molar-refractivity contribution in [3.63, 3.8) is 0 Å². The van der Waals surface area contributed by atoms with E-state index < -0.39 is 9.84 Å². The molecule has 8 heteroatoms. The van der Waals surface area contributed by atoms with Crippen molar-refractivity contribution in [1.29, 1.82) is 0 Å². The zero-order valence-electron chi connectivity index (χ0n) is 15.9. The fraction of sp³-hybridized carbons (Fsp3) is 0.500. The molecule has 4 rings (SSSR count). The van der Waals surface area contributed by atoms with Crippen molar-refractivity contribution in [1.82, 2.24) is 9.78 Å². The molecule has 1 amide bonds. The summed E-state index contributed by atoms with van der Waals surface area (Å²) in [7, 11) is -3.29. The SMILES string of the molecule is CS(=O)(=O)c1ccc([C@@H]2CC(=O)Nc3c2c(=O)[nH]n3C2CCCCCC2)cc1. The van der Waals surface area contributed by atoms with Crippen molar-refractivity contribution in [2.24, 2.45) is 0 Å². The molecule has 1 saturated carbocycles. The van der Waals surface area contributed by atoms with Crippen LogP contribution in [0.15, 0.2) is 34.0 Å². The summed E-state index contributed by atoms with van der Waals surface area (Å²) in [5.74, 6) is 0.0598. The van der Waals surface area contributed by atoms with Crippen molar-refractivity contribution < 1.29 is 13.2 Å². The molecule has 2 heterocycles. The van der Waals surface area contributed by atoms with Gasteiger partial charge in [0, 0.05) is 18.6 Å². The number of aromatic amines is 1. The maximum Gasteiger partial charge on any atom is 0.270 e. The van der Waals surface area contributed by atoms with E-state index >= 15 is 0 Å². The number of carbonyl (C=O) groups is 1. The minimum atomic E-state index is -3.29. The Kier molecular flexibility index (Phi) is 4.91. The van der Waals surface area contributed by atoms with E-state index in [-0.39, 0.29) is 34.7 Å². The molecule has 1 aromatic heterocycles. The number of hydrogen-bond acceptors (Lipinski definition) is 4. The molecule has 0 saturated heterocycles. The first-order chi connectivity index (χ1) is 13.3. The van der Waals surface area contributed by atoms with Gasteiger partial charge in [-0.25, -0.2) is 8.42 Å². The average Bonchev–Trinajstić information content (AvgIpc) is 2.84. The van der Waals surface area contributed by atoms with E-state index in [9.17, 15) is 18.0 Å². The molecule has 1 fully saturated rings. The molecule has 1 atom stereocenters. The van der Waals surface area contributed by atoms with Crippen molar-refractivity contribution >= 4 is 21.6 Å². The van der Waals surface area contributed by atoms with E-state index in [4.69, 9.17) is 0 Å². The zero-order valence-corrected chi connectivity index (χ0v) is 16.7. The summed E-state index contributed by atoms with van der Waals surface area (Å²) in [6.45, 7) is 0. The standard InChI is InChI=1S/C20H25N3O4S/c1-28(26,27)15-10-8-13(9-11-15)16-12-17(24)21-19-18(16)20(25)22-23(19)14-6-4-2-3-5-7-14/h8-11,14,16H,2-7,12H2,1H3,(H,21,24)(H,22,25)/t16-/m0/s1. The van der Waals surface area contributed by atoms with Gasteiger partial charge in [-0.3, -0.25) is 19.4 Å². The minimum Gasteiger partial charge on any atom is -0.311 e. The number of nitrogens with one attached hydrogen (secondary N) is 2. The topological polar surface area (TPSA) is 101 Å². The molecule has 0 spiro atoms. The summed E-state index contributed by atoms with van der Waals surface area (Å²) in [6.07, 6.45) is 7.93. The largest absolute Gasteiger partial charge is 0.311 e. The third kappa shape index (κ3) is 3.53. The molecular weight excluding hydrogens is 378 g/mol. The van der Waals surface area contributed by atoms with E-state index in [0.717, 1.165) is 37.5 Å². The van der Waals surface area contributed by atoms with Gasteiger partial charge in [0.25, 0.3) is 5.56 Å². The van der Waals surface area contributed by atoms with Gasteiger partial charge in [-0.15, -0.1) is 0 Å². The first-order valence-corrected chi connectivity index (χ1v) is 11.7. The quantitative estimate of drug-likeness (QED) is 0.770. The zero-order chi connectivity index (χ0) is 19.9. The Morgan fingerprint density at radius 1 is 1.00 bits per heavy atom.